The molecule has 0 spiro atoms. The van der Waals surface area contributed by atoms with Crippen molar-refractivity contribution in [3.63, 3.8) is 0 Å². The predicted octanol–water partition coefficient (Wildman–Crippen LogP) is 1.30. The smallest absolute Gasteiger partial charge is 0.312 e. The van der Waals surface area contributed by atoms with Crippen LogP contribution in [0.15, 0.2) is 4.79 Å². The number of hydrogen-bond donors (Lipinski definition) is 1. The highest BCUT2D eigenvalue weighted by molar-refractivity contribution is 4.91. The molecule has 0 bridgehead atoms. The summed E-state index contributed by atoms with van der Waals surface area (Å²) in [6.45, 7) is 2.42. The first-order chi connectivity index (χ1) is 9.34. The summed E-state index contributed by atoms with van der Waals surface area (Å²) >= 11 is 0. The Morgan fingerprint density at radius 3 is 2.79 bits per heavy atom. The molecular formula is C14H24N4O. The summed E-state index contributed by atoms with van der Waals surface area (Å²) in [6.07, 6.45) is 9.87. The summed E-state index contributed by atoms with van der Waals surface area (Å²) < 4.78 is 3.50. The van der Waals surface area contributed by atoms with Crippen LogP contribution in [0.2, 0.25) is 0 Å². The zero-order valence-corrected chi connectivity index (χ0v) is 11.6. The Morgan fingerprint density at radius 2 is 2.00 bits per heavy atom. The van der Waals surface area contributed by atoms with Crippen molar-refractivity contribution in [3.8, 4) is 0 Å². The van der Waals surface area contributed by atoms with Gasteiger partial charge in [-0.25, -0.2) is 9.48 Å². The number of hydrogen-bond acceptors (Lipinski definition) is 3. The van der Waals surface area contributed by atoms with Crippen molar-refractivity contribution >= 4 is 0 Å². The second-order valence-electron chi connectivity index (χ2n) is 5.82. The van der Waals surface area contributed by atoms with Gasteiger partial charge in [-0.05, 0) is 25.7 Å². The van der Waals surface area contributed by atoms with E-state index in [2.05, 4.69) is 10.4 Å². The van der Waals surface area contributed by atoms with Crippen LogP contribution in [0.4, 0.5) is 0 Å². The third-order valence-electron chi connectivity index (χ3n) is 4.39. The Labute approximate surface area is 114 Å². The van der Waals surface area contributed by atoms with Gasteiger partial charge in [-0.2, -0.15) is 5.10 Å². The van der Waals surface area contributed by atoms with E-state index in [0.29, 0.717) is 12.6 Å². The highest BCUT2D eigenvalue weighted by Crippen LogP contribution is 2.17. The highest BCUT2D eigenvalue weighted by atomic mass is 16.2. The lowest BCUT2D eigenvalue weighted by molar-refractivity contribution is 0.363. The highest BCUT2D eigenvalue weighted by Gasteiger charge is 2.17. The van der Waals surface area contributed by atoms with E-state index in [1.165, 1.54) is 32.1 Å². The molecule has 106 valence electrons. The lowest BCUT2D eigenvalue weighted by Gasteiger charge is -2.22. The van der Waals surface area contributed by atoms with E-state index in [9.17, 15) is 4.79 Å². The van der Waals surface area contributed by atoms with Crippen molar-refractivity contribution in [2.45, 2.75) is 70.5 Å². The molecule has 2 heterocycles. The molecule has 1 aromatic rings. The van der Waals surface area contributed by atoms with Gasteiger partial charge in [0.2, 0.25) is 0 Å². The molecule has 19 heavy (non-hydrogen) atoms. The summed E-state index contributed by atoms with van der Waals surface area (Å²) in [5.41, 5.74) is 0.0835. The molecule has 1 aliphatic heterocycles. The summed E-state index contributed by atoms with van der Waals surface area (Å²) in [7, 11) is 0. The van der Waals surface area contributed by atoms with Gasteiger partial charge in [-0.15, -0.1) is 0 Å². The molecule has 0 radical (unpaired) electrons. The Bertz CT molecular complexity index is 470. The largest absolute Gasteiger partial charge is 0.345 e. The van der Waals surface area contributed by atoms with E-state index < -0.39 is 0 Å². The van der Waals surface area contributed by atoms with Crippen LogP contribution in [-0.2, 0) is 19.5 Å². The van der Waals surface area contributed by atoms with Crippen LogP contribution in [0.1, 0.15) is 50.8 Å². The summed E-state index contributed by atoms with van der Waals surface area (Å²) in [6, 6.07) is 0.654. The molecule has 1 aromatic heterocycles. The first kappa shape index (κ1) is 12.9. The third-order valence-corrected chi connectivity index (χ3v) is 4.39. The molecule has 3 rings (SSSR count). The fourth-order valence-electron chi connectivity index (χ4n) is 3.28. The van der Waals surface area contributed by atoms with Crippen LogP contribution in [0.3, 0.4) is 0 Å². The van der Waals surface area contributed by atoms with Gasteiger partial charge < -0.3 is 5.32 Å². The van der Waals surface area contributed by atoms with Crippen molar-refractivity contribution in [3.05, 3.63) is 16.3 Å². The SMILES string of the molecule is O=c1n(CCNC2CCCCC2)nc2n1CCCC2. The quantitative estimate of drug-likeness (QED) is 0.892. The van der Waals surface area contributed by atoms with Crippen molar-refractivity contribution in [1.82, 2.24) is 19.7 Å². The standard InChI is InChI=1S/C14H24N4O/c19-14-17-10-5-4-8-13(17)16-18(14)11-9-15-12-6-2-1-3-7-12/h12,15H,1-11H2. The van der Waals surface area contributed by atoms with E-state index in [0.717, 1.165) is 38.2 Å². The van der Waals surface area contributed by atoms with Crippen LogP contribution in [0.5, 0.6) is 0 Å². The Morgan fingerprint density at radius 1 is 1.16 bits per heavy atom. The maximum absolute atomic E-state index is 12.1. The number of rotatable bonds is 4. The van der Waals surface area contributed by atoms with Gasteiger partial charge in [0.25, 0.3) is 0 Å². The van der Waals surface area contributed by atoms with Crippen molar-refractivity contribution in [2.24, 2.45) is 0 Å². The lowest BCUT2D eigenvalue weighted by Crippen LogP contribution is -2.36. The van der Waals surface area contributed by atoms with E-state index >= 15 is 0 Å². The zero-order chi connectivity index (χ0) is 13.1. The number of nitrogens with zero attached hydrogens (tertiary/aromatic N) is 3. The third kappa shape index (κ3) is 2.91. The average molecular weight is 264 g/mol. The molecule has 1 N–H and O–H groups in total. The molecule has 0 aromatic carbocycles. The molecule has 2 aliphatic rings. The lowest BCUT2D eigenvalue weighted by atomic mass is 9.95. The van der Waals surface area contributed by atoms with Crippen molar-refractivity contribution in [2.75, 3.05) is 6.54 Å². The Hall–Kier alpha value is -1.10. The van der Waals surface area contributed by atoms with Gasteiger partial charge in [-0.3, -0.25) is 4.57 Å². The second-order valence-corrected chi connectivity index (χ2v) is 5.82. The number of aromatic nitrogens is 3. The average Bonchev–Trinajstić information content (AvgIpc) is 2.78. The molecule has 1 fully saturated rings. The van der Waals surface area contributed by atoms with Crippen LogP contribution in [0.25, 0.3) is 0 Å². The summed E-state index contributed by atoms with van der Waals surface area (Å²) in [5.74, 6) is 0.980. The maximum atomic E-state index is 12.1. The molecule has 0 atom stereocenters. The Kier molecular flexibility index (Phi) is 4.01. The molecule has 0 unspecified atom stereocenters. The first-order valence-corrected chi connectivity index (χ1v) is 7.74. The van der Waals surface area contributed by atoms with Crippen LogP contribution >= 0.6 is 0 Å². The number of fused-ring (bicyclic) bond motifs is 1. The van der Waals surface area contributed by atoms with Crippen LogP contribution in [0, 0.1) is 0 Å². The van der Waals surface area contributed by atoms with Crippen LogP contribution in [-0.4, -0.2) is 26.9 Å². The van der Waals surface area contributed by atoms with Crippen molar-refractivity contribution in [1.29, 1.82) is 0 Å². The molecule has 5 heteroatoms. The summed E-state index contributed by atoms with van der Waals surface area (Å²) in [5, 5.41) is 8.03. The number of nitrogens with one attached hydrogen (secondary N) is 1. The first-order valence-electron chi connectivity index (χ1n) is 7.74. The fourth-order valence-corrected chi connectivity index (χ4v) is 3.28. The summed E-state index contributed by atoms with van der Waals surface area (Å²) in [4.78, 5) is 12.1. The molecule has 0 amide bonds. The molecular weight excluding hydrogens is 240 g/mol. The second kappa shape index (κ2) is 5.90. The molecule has 0 saturated heterocycles. The van der Waals surface area contributed by atoms with Gasteiger partial charge in [0.1, 0.15) is 5.82 Å². The van der Waals surface area contributed by atoms with E-state index in [-0.39, 0.29) is 5.69 Å². The van der Waals surface area contributed by atoms with E-state index in [1.54, 1.807) is 4.68 Å². The van der Waals surface area contributed by atoms with Crippen molar-refractivity contribution < 1.29 is 0 Å². The molecule has 5 nitrogen and oxygen atoms in total. The van der Waals surface area contributed by atoms with Gasteiger partial charge in [0.05, 0.1) is 6.54 Å². The minimum atomic E-state index is 0.0835. The zero-order valence-electron chi connectivity index (χ0n) is 11.6. The molecule has 1 aliphatic carbocycles. The van der Waals surface area contributed by atoms with Gasteiger partial charge in [0.15, 0.2) is 0 Å². The number of aryl methyl sites for hydroxylation is 1. The predicted molar refractivity (Wildman–Crippen MR) is 74.3 cm³/mol. The fraction of sp³-hybridized carbons (Fsp3) is 0.857. The van der Waals surface area contributed by atoms with Gasteiger partial charge >= 0.3 is 5.69 Å². The monoisotopic (exact) mass is 264 g/mol. The van der Waals surface area contributed by atoms with Gasteiger partial charge in [-0.1, -0.05) is 19.3 Å². The Balaban J connectivity index is 1.55. The minimum Gasteiger partial charge on any atom is -0.312 e. The van der Waals surface area contributed by atoms with Gasteiger partial charge in [0, 0.05) is 25.6 Å². The maximum Gasteiger partial charge on any atom is 0.345 e. The minimum absolute atomic E-state index is 0.0835. The van der Waals surface area contributed by atoms with E-state index in [1.807, 2.05) is 4.57 Å². The van der Waals surface area contributed by atoms with Crippen LogP contribution < -0.4 is 11.0 Å². The topological polar surface area (TPSA) is 51.9 Å². The molecule has 1 saturated carbocycles. The van der Waals surface area contributed by atoms with E-state index in [4.69, 9.17) is 0 Å². The normalized spacial score (nSPS) is 20.4.